The van der Waals surface area contributed by atoms with E-state index in [0.29, 0.717) is 0 Å². The molecule has 0 aliphatic carbocycles. The number of aromatic nitrogens is 4. The summed E-state index contributed by atoms with van der Waals surface area (Å²) in [6, 6.07) is 29.0. The second-order valence-electron chi connectivity index (χ2n) is 11.7. The van der Waals surface area contributed by atoms with E-state index in [0.717, 1.165) is 72.7 Å². The summed E-state index contributed by atoms with van der Waals surface area (Å²) in [7, 11) is 0. The number of H-pyrrole nitrogens is 2. The van der Waals surface area contributed by atoms with Crippen molar-refractivity contribution in [3.8, 4) is 20.9 Å². The molecule has 0 saturated heterocycles. The van der Waals surface area contributed by atoms with E-state index >= 15 is 0 Å². The first-order valence-electron chi connectivity index (χ1n) is 17.2. The number of nitrogens with two attached hydrogens (primary N) is 1. The van der Waals surface area contributed by atoms with Crippen LogP contribution in [0, 0.1) is 0 Å². The lowest BCUT2D eigenvalue weighted by Crippen LogP contribution is -2.21. The Balaban J connectivity index is 0.000000162. The van der Waals surface area contributed by atoms with Crippen molar-refractivity contribution in [2.24, 2.45) is 0 Å². The Morgan fingerprint density at radius 3 is 1.65 bits per heavy atom. The van der Waals surface area contributed by atoms with Gasteiger partial charge in [-0.1, -0.05) is 80.7 Å². The molecule has 9 nitrogen and oxygen atoms in total. The van der Waals surface area contributed by atoms with Crippen LogP contribution >= 0.6 is 57.8 Å². The molecule has 4 aromatic heterocycles. The summed E-state index contributed by atoms with van der Waals surface area (Å²) in [6.45, 7) is 10.1. The van der Waals surface area contributed by atoms with Gasteiger partial charge in [-0.2, -0.15) is 10.2 Å². The summed E-state index contributed by atoms with van der Waals surface area (Å²) >= 11 is 10.5. The average Bonchev–Trinajstić information content (AvgIpc) is 4.01. The van der Waals surface area contributed by atoms with E-state index in [1.54, 1.807) is 41.4 Å². The van der Waals surface area contributed by atoms with Crippen LogP contribution in [0.15, 0.2) is 97.3 Å². The van der Waals surface area contributed by atoms with Crippen LogP contribution in [0.25, 0.3) is 62.9 Å². The van der Waals surface area contributed by atoms with Crippen molar-refractivity contribution in [2.75, 3.05) is 43.2 Å². The number of benzene rings is 4. The van der Waals surface area contributed by atoms with E-state index in [9.17, 15) is 9.59 Å². The number of fused-ring (bicyclic) bond motifs is 4. The van der Waals surface area contributed by atoms with Gasteiger partial charge in [0, 0.05) is 52.4 Å². The first-order valence-corrected chi connectivity index (χ1v) is 21.6. The Morgan fingerprint density at radius 1 is 0.722 bits per heavy atom. The summed E-state index contributed by atoms with van der Waals surface area (Å²) in [5, 5.41) is 21.7. The van der Waals surface area contributed by atoms with Gasteiger partial charge < -0.3 is 16.0 Å². The second kappa shape index (κ2) is 19.8. The summed E-state index contributed by atoms with van der Waals surface area (Å²) < 4.78 is 2.17. The third-order valence-corrected chi connectivity index (χ3v) is 12.0. The molecule has 0 aliphatic rings. The summed E-state index contributed by atoms with van der Waals surface area (Å²) in [4.78, 5) is 26.0. The lowest BCUT2D eigenvalue weighted by Gasteiger charge is -2.13. The van der Waals surface area contributed by atoms with Crippen molar-refractivity contribution in [3.63, 3.8) is 0 Å². The number of carbonyl (C=O) groups excluding carboxylic acids is 2. The molecule has 8 aromatic rings. The Kier molecular flexibility index (Phi) is 15.0. The molecule has 1 amide bonds. The predicted octanol–water partition coefficient (Wildman–Crippen LogP) is 12.4. The van der Waals surface area contributed by atoms with Crippen molar-refractivity contribution in [2.45, 2.75) is 20.8 Å². The van der Waals surface area contributed by atoms with Crippen molar-refractivity contribution in [1.82, 2.24) is 25.3 Å². The van der Waals surface area contributed by atoms with Crippen molar-refractivity contribution < 1.29 is 9.59 Å². The minimum Gasteiger partial charge on any atom is -0.399 e. The number of hydrogen-bond donors (Lipinski definition) is 4. The van der Waals surface area contributed by atoms with Crippen molar-refractivity contribution in [1.29, 1.82) is 0 Å². The maximum absolute atomic E-state index is 11.7. The van der Waals surface area contributed by atoms with Gasteiger partial charge in [0.05, 0.1) is 23.4 Å². The molecule has 280 valence electrons. The van der Waals surface area contributed by atoms with E-state index in [4.69, 9.17) is 17.3 Å². The number of hydrogen-bond acceptors (Lipinski definition) is 10. The standard InChI is InChI=1S/C17H13N3OS2.C15H11N3S.C6H15N.C2H3ClOS/c1-22-17(21)19-12-6-11-9-18-20-16(11)13(8-12)15-7-10-4-2-3-5-14(10)23-15;16-11-5-10-8-17-18-15(10)12(7-11)14-6-9-3-1-2-4-13(9)19-14;1-4-7(5-2)6-3;1-5-2(3)4/h2-9H,1H3,(H,18,20)(H,19,21);1-8H,16H2,(H,17,18);4-6H2,1-3H3;1H3. The van der Waals surface area contributed by atoms with Crippen LogP contribution in [0.5, 0.6) is 0 Å². The normalized spacial score (nSPS) is 10.8. The zero-order valence-corrected chi connectivity index (χ0v) is 34.6. The Hall–Kier alpha value is -4.37. The molecule has 4 aromatic carbocycles. The number of rotatable bonds is 6. The van der Waals surface area contributed by atoms with Crippen LogP contribution in [-0.2, 0) is 0 Å². The number of nitrogen functional groups attached to an aromatic ring is 1. The molecule has 54 heavy (non-hydrogen) atoms. The zero-order valence-electron chi connectivity index (χ0n) is 30.6. The number of nitrogens with one attached hydrogen (secondary N) is 3. The maximum Gasteiger partial charge on any atom is 0.283 e. The SMILES string of the molecule is CCN(CC)CC.CSC(=O)Cl.CSC(=O)Nc1cc(-c2cc3ccccc3s2)c2[nH]ncc2c1.Nc1cc(-c2cc3ccccc3s2)c2[nH]ncc2c1. The molecule has 0 spiro atoms. The molecule has 0 fully saturated rings. The van der Waals surface area contributed by atoms with Gasteiger partial charge in [0.1, 0.15) is 0 Å². The van der Waals surface area contributed by atoms with Crippen LogP contribution in [-0.4, -0.2) is 67.3 Å². The van der Waals surface area contributed by atoms with Gasteiger partial charge in [-0.25, -0.2) is 0 Å². The molecule has 0 aliphatic heterocycles. The highest BCUT2D eigenvalue weighted by Gasteiger charge is 2.13. The lowest BCUT2D eigenvalue weighted by atomic mass is 10.1. The van der Waals surface area contributed by atoms with Gasteiger partial charge in [-0.3, -0.25) is 19.8 Å². The molecule has 0 saturated carbocycles. The van der Waals surface area contributed by atoms with E-state index < -0.39 is 0 Å². The van der Waals surface area contributed by atoms with Gasteiger partial charge in [0.2, 0.25) is 0 Å². The highest BCUT2D eigenvalue weighted by Crippen LogP contribution is 2.39. The molecule has 0 atom stereocenters. The van der Waals surface area contributed by atoms with Crippen molar-refractivity contribution >= 4 is 121 Å². The summed E-state index contributed by atoms with van der Waals surface area (Å²) in [5.74, 6) is 0. The molecule has 0 radical (unpaired) electrons. The molecule has 14 heteroatoms. The van der Waals surface area contributed by atoms with Gasteiger partial charge in [0.15, 0.2) is 0 Å². The van der Waals surface area contributed by atoms with Crippen LogP contribution < -0.4 is 11.1 Å². The third kappa shape index (κ3) is 10.4. The van der Waals surface area contributed by atoms with Gasteiger partial charge in [-0.05, 0) is 103 Å². The largest absolute Gasteiger partial charge is 0.399 e. The monoisotopic (exact) mass is 815 g/mol. The number of thioether (sulfide) groups is 2. The highest BCUT2D eigenvalue weighted by atomic mass is 35.5. The topological polar surface area (TPSA) is 133 Å². The molecule has 8 rings (SSSR count). The van der Waals surface area contributed by atoms with Gasteiger partial charge >= 0.3 is 0 Å². The van der Waals surface area contributed by atoms with E-state index in [2.05, 4.69) is 99.9 Å². The maximum atomic E-state index is 11.7. The highest BCUT2D eigenvalue weighted by molar-refractivity contribution is 8.15. The molecule has 4 heterocycles. The average molecular weight is 817 g/mol. The van der Waals surface area contributed by atoms with Gasteiger partial charge in [-0.15, -0.1) is 22.7 Å². The van der Waals surface area contributed by atoms with Gasteiger partial charge in [0.25, 0.3) is 9.81 Å². The Morgan fingerprint density at radius 2 is 1.20 bits per heavy atom. The lowest BCUT2D eigenvalue weighted by molar-refractivity contribution is 0.269. The number of thiophene rings is 2. The van der Waals surface area contributed by atoms with E-state index in [1.807, 2.05) is 42.6 Å². The first-order chi connectivity index (χ1) is 26.2. The Bertz CT molecular complexity index is 2400. The van der Waals surface area contributed by atoms with Crippen LogP contribution in [0.3, 0.4) is 0 Å². The number of nitrogens with zero attached hydrogens (tertiary/aromatic N) is 3. The molecule has 0 bridgehead atoms. The van der Waals surface area contributed by atoms with Crippen LogP contribution in [0.2, 0.25) is 0 Å². The first kappa shape index (κ1) is 40.8. The van der Waals surface area contributed by atoms with Crippen LogP contribution in [0.1, 0.15) is 20.8 Å². The van der Waals surface area contributed by atoms with Crippen molar-refractivity contribution in [3.05, 3.63) is 97.3 Å². The predicted molar refractivity (Wildman–Crippen MR) is 239 cm³/mol. The third-order valence-electron chi connectivity index (χ3n) is 8.44. The van der Waals surface area contributed by atoms with Crippen LogP contribution in [0.4, 0.5) is 21.0 Å². The fourth-order valence-electron chi connectivity index (χ4n) is 5.67. The summed E-state index contributed by atoms with van der Waals surface area (Å²) in [6.07, 6.45) is 6.98. The summed E-state index contributed by atoms with van der Waals surface area (Å²) in [5.41, 5.74) is 11.7. The number of aromatic amines is 2. The molecular formula is C40H42ClN7O2S4. The Labute approximate surface area is 336 Å². The van der Waals surface area contributed by atoms with E-state index in [-0.39, 0.29) is 9.81 Å². The zero-order chi connectivity index (χ0) is 38.6. The fourth-order valence-corrected chi connectivity index (χ4v) is 8.06. The quantitative estimate of drug-likeness (QED) is 0.0963. The fraction of sp³-hybridized carbons (Fsp3) is 0.200. The minimum atomic E-state index is -0.356. The number of halogens is 1. The minimum absolute atomic E-state index is 0.0739. The number of amides is 1. The molecule has 0 unspecified atom stereocenters. The number of anilines is 2. The molecular weight excluding hydrogens is 774 g/mol. The second-order valence-corrected chi connectivity index (χ2v) is 16.0. The smallest absolute Gasteiger partial charge is 0.283 e. The number of carbonyl (C=O) groups is 2. The van der Waals surface area contributed by atoms with E-state index in [1.165, 1.54) is 44.7 Å². The molecule has 5 N–H and O–H groups in total.